The summed E-state index contributed by atoms with van der Waals surface area (Å²) in [5.74, 6) is 0.503. The van der Waals surface area contributed by atoms with Crippen molar-refractivity contribution in [1.29, 1.82) is 0 Å². The molecule has 2 heterocycles. The summed E-state index contributed by atoms with van der Waals surface area (Å²) in [6.07, 6.45) is 6.35. The van der Waals surface area contributed by atoms with Crippen molar-refractivity contribution in [3.05, 3.63) is 39.4 Å². The highest BCUT2D eigenvalue weighted by Crippen LogP contribution is 2.31. The van der Waals surface area contributed by atoms with Crippen LogP contribution >= 0.6 is 11.3 Å². The minimum absolute atomic E-state index is 0.00201. The van der Waals surface area contributed by atoms with Gasteiger partial charge in [0.15, 0.2) is 4.96 Å². The molecule has 0 saturated heterocycles. The van der Waals surface area contributed by atoms with Gasteiger partial charge in [-0.25, -0.2) is 4.98 Å². The smallest absolute Gasteiger partial charge is 0.271 e. The first-order valence-electron chi connectivity index (χ1n) is 8.79. The van der Waals surface area contributed by atoms with E-state index in [2.05, 4.69) is 11.9 Å². The predicted molar refractivity (Wildman–Crippen MR) is 101 cm³/mol. The molecule has 4 rings (SSSR count). The third-order valence-electron chi connectivity index (χ3n) is 5.39. The van der Waals surface area contributed by atoms with Gasteiger partial charge in [0, 0.05) is 31.4 Å². The summed E-state index contributed by atoms with van der Waals surface area (Å²) in [7, 11) is 1.88. The fourth-order valence-electron chi connectivity index (χ4n) is 3.91. The van der Waals surface area contributed by atoms with Crippen LogP contribution in [0, 0.1) is 16.0 Å². The van der Waals surface area contributed by atoms with Crippen LogP contribution in [-0.4, -0.2) is 38.2 Å². The monoisotopic (exact) mass is 372 g/mol. The zero-order valence-electron chi connectivity index (χ0n) is 14.7. The van der Waals surface area contributed by atoms with Crippen LogP contribution in [0.3, 0.4) is 0 Å². The van der Waals surface area contributed by atoms with Gasteiger partial charge in [-0.1, -0.05) is 31.1 Å². The molecule has 1 aliphatic rings. The lowest BCUT2D eigenvalue weighted by atomic mass is 9.85. The maximum absolute atomic E-state index is 13.0. The van der Waals surface area contributed by atoms with E-state index < -0.39 is 4.92 Å². The van der Waals surface area contributed by atoms with Crippen molar-refractivity contribution in [3.8, 4) is 0 Å². The molecule has 1 fully saturated rings. The highest BCUT2D eigenvalue weighted by molar-refractivity contribution is 7.18. The van der Waals surface area contributed by atoms with Crippen molar-refractivity contribution < 1.29 is 9.72 Å². The molecule has 1 amide bonds. The van der Waals surface area contributed by atoms with Gasteiger partial charge in [0.1, 0.15) is 4.88 Å². The van der Waals surface area contributed by atoms with E-state index in [1.54, 1.807) is 16.7 Å². The molecule has 1 aromatic carbocycles. The minimum atomic E-state index is -0.421. The lowest BCUT2D eigenvalue weighted by molar-refractivity contribution is -0.384. The largest absolute Gasteiger partial charge is 0.338 e. The number of nitro groups is 1. The number of non-ortho nitro benzene ring substituents is 1. The summed E-state index contributed by atoms with van der Waals surface area (Å²) in [5, 5.41) is 11.0. The number of benzene rings is 1. The number of hydrogen-bond acceptors (Lipinski definition) is 5. The number of amides is 1. The van der Waals surface area contributed by atoms with Crippen LogP contribution in [0.25, 0.3) is 16.0 Å². The summed E-state index contributed by atoms with van der Waals surface area (Å²) in [5.41, 5.74) is 1.36. The van der Waals surface area contributed by atoms with Gasteiger partial charge in [-0.15, -0.1) is 0 Å². The van der Waals surface area contributed by atoms with Gasteiger partial charge >= 0.3 is 0 Å². The summed E-state index contributed by atoms with van der Waals surface area (Å²) in [6, 6.07) is 4.86. The van der Waals surface area contributed by atoms with E-state index in [9.17, 15) is 14.9 Å². The maximum Gasteiger partial charge on any atom is 0.271 e. The Bertz CT molecular complexity index is 1010. The molecule has 8 heteroatoms. The fourth-order valence-corrected chi connectivity index (χ4v) is 4.89. The first-order chi connectivity index (χ1) is 12.5. The molecule has 136 valence electrons. The number of hydrogen-bond donors (Lipinski definition) is 0. The molecule has 0 aliphatic heterocycles. The molecule has 0 N–H and O–H groups in total. The molecule has 7 nitrogen and oxygen atoms in total. The Balaban J connectivity index is 1.69. The number of aromatic nitrogens is 2. The highest BCUT2D eigenvalue weighted by Gasteiger charge is 2.29. The van der Waals surface area contributed by atoms with Gasteiger partial charge in [-0.05, 0) is 24.8 Å². The first-order valence-corrected chi connectivity index (χ1v) is 9.60. The Labute approximate surface area is 154 Å². The average molecular weight is 372 g/mol. The number of carbonyl (C=O) groups excluding carboxylic acids is 1. The minimum Gasteiger partial charge on any atom is -0.338 e. The molecule has 0 radical (unpaired) electrons. The van der Waals surface area contributed by atoms with Crippen molar-refractivity contribution >= 4 is 38.9 Å². The van der Waals surface area contributed by atoms with Gasteiger partial charge in [-0.2, -0.15) is 0 Å². The van der Waals surface area contributed by atoms with E-state index in [4.69, 9.17) is 0 Å². The molecule has 1 aliphatic carbocycles. The van der Waals surface area contributed by atoms with Crippen LogP contribution in [0.1, 0.15) is 42.3 Å². The summed E-state index contributed by atoms with van der Waals surface area (Å²) >= 11 is 1.33. The second-order valence-corrected chi connectivity index (χ2v) is 8.04. The summed E-state index contributed by atoms with van der Waals surface area (Å²) < 4.78 is 1.78. The number of nitrogens with zero attached hydrogens (tertiary/aromatic N) is 4. The zero-order valence-corrected chi connectivity index (χ0v) is 15.5. The second kappa shape index (κ2) is 6.35. The van der Waals surface area contributed by atoms with E-state index in [1.165, 1.54) is 29.9 Å². The lowest BCUT2D eigenvalue weighted by Gasteiger charge is -2.36. The molecule has 1 saturated carbocycles. The third-order valence-corrected chi connectivity index (χ3v) is 6.36. The number of thiazole rings is 1. The van der Waals surface area contributed by atoms with Crippen LogP contribution in [0.4, 0.5) is 5.69 Å². The molecule has 0 bridgehead atoms. The SMILES string of the molecule is CC1CCCCC1N(C)C(=O)c1cn2c(nc3ccc([N+](=O)[O-])cc32)s1. The number of imidazole rings is 1. The van der Waals surface area contributed by atoms with Crippen molar-refractivity contribution in [2.45, 2.75) is 38.6 Å². The highest BCUT2D eigenvalue weighted by atomic mass is 32.1. The number of fused-ring (bicyclic) bond motifs is 3. The summed E-state index contributed by atoms with van der Waals surface area (Å²) in [4.78, 5) is 31.2. The summed E-state index contributed by atoms with van der Waals surface area (Å²) in [6.45, 7) is 2.21. The van der Waals surface area contributed by atoms with Crippen molar-refractivity contribution in [1.82, 2.24) is 14.3 Å². The molecule has 2 aromatic heterocycles. The predicted octanol–water partition coefficient (Wildman–Crippen LogP) is 4.11. The Morgan fingerprint density at radius 3 is 2.88 bits per heavy atom. The van der Waals surface area contributed by atoms with Crippen LogP contribution < -0.4 is 0 Å². The fraction of sp³-hybridized carbons (Fsp3) is 0.444. The topological polar surface area (TPSA) is 80.8 Å². The maximum atomic E-state index is 13.0. The third kappa shape index (κ3) is 2.74. The Morgan fingerprint density at radius 2 is 2.15 bits per heavy atom. The van der Waals surface area contributed by atoms with Gasteiger partial charge in [0.2, 0.25) is 0 Å². The van der Waals surface area contributed by atoms with Crippen LogP contribution in [-0.2, 0) is 0 Å². The normalized spacial score (nSPS) is 20.5. The van der Waals surface area contributed by atoms with Crippen LogP contribution in [0.15, 0.2) is 24.4 Å². The standard InChI is InChI=1S/C18H20N4O3S/c1-11-5-3-4-6-14(11)20(2)17(23)16-10-21-15-9-12(22(24)25)7-8-13(15)19-18(21)26-16/h7-11,14H,3-6H2,1-2H3. The Hall–Kier alpha value is -2.48. The molecule has 26 heavy (non-hydrogen) atoms. The average Bonchev–Trinajstić information content (AvgIpc) is 3.18. The van der Waals surface area contributed by atoms with E-state index in [-0.39, 0.29) is 17.6 Å². The van der Waals surface area contributed by atoms with Crippen molar-refractivity contribution in [2.24, 2.45) is 5.92 Å². The molecular weight excluding hydrogens is 352 g/mol. The molecule has 0 spiro atoms. The van der Waals surface area contributed by atoms with Crippen LogP contribution in [0.2, 0.25) is 0 Å². The molecular formula is C18H20N4O3S. The molecule has 2 unspecified atom stereocenters. The van der Waals surface area contributed by atoms with Gasteiger partial charge in [0.05, 0.1) is 16.0 Å². The van der Waals surface area contributed by atoms with Crippen LogP contribution in [0.5, 0.6) is 0 Å². The Kier molecular flexibility index (Phi) is 4.14. The Morgan fingerprint density at radius 1 is 1.38 bits per heavy atom. The number of rotatable bonds is 3. The van der Waals surface area contributed by atoms with Gasteiger partial charge < -0.3 is 4.90 Å². The van der Waals surface area contributed by atoms with Crippen molar-refractivity contribution in [3.63, 3.8) is 0 Å². The van der Waals surface area contributed by atoms with Gasteiger partial charge in [-0.3, -0.25) is 19.3 Å². The molecule has 3 aromatic rings. The van der Waals surface area contributed by atoms with E-state index in [1.807, 2.05) is 11.9 Å². The lowest BCUT2D eigenvalue weighted by Crippen LogP contribution is -2.42. The van der Waals surface area contributed by atoms with Crippen molar-refractivity contribution in [2.75, 3.05) is 7.05 Å². The quantitative estimate of drug-likeness (QED) is 0.512. The van der Waals surface area contributed by atoms with E-state index in [0.717, 1.165) is 19.3 Å². The zero-order chi connectivity index (χ0) is 18.4. The molecule has 2 atom stereocenters. The van der Waals surface area contributed by atoms with Gasteiger partial charge in [0.25, 0.3) is 11.6 Å². The first kappa shape index (κ1) is 17.0. The van der Waals surface area contributed by atoms with E-state index in [0.29, 0.717) is 26.8 Å². The number of nitro benzene ring substituents is 1. The number of carbonyl (C=O) groups is 1. The van der Waals surface area contributed by atoms with E-state index >= 15 is 0 Å². The second-order valence-electron chi connectivity index (χ2n) is 7.04.